The summed E-state index contributed by atoms with van der Waals surface area (Å²) in [7, 11) is 4.33. The molecule has 0 aliphatic carbocycles. The van der Waals surface area contributed by atoms with E-state index in [1.165, 1.54) is 51.8 Å². The fourth-order valence-corrected chi connectivity index (χ4v) is 4.23. The number of amides is 2. The number of methoxy groups -OCH3 is 3. The van der Waals surface area contributed by atoms with Crippen LogP contribution in [-0.4, -0.2) is 51.3 Å². The SMILES string of the molecule is CCC(=O)Nc1ccc(C(=O)N/N=C/c2ccccc2OC(=O)/C=C/c2ccccc2OC(=O)c2cc(OC)c(OC)c(OC)c2)cc1. The number of para-hydroxylation sites is 2. The zero-order valence-electron chi connectivity index (χ0n) is 26.6. The Labute approximate surface area is 276 Å². The number of benzene rings is 4. The van der Waals surface area contributed by atoms with Crippen LogP contribution in [0, 0.1) is 0 Å². The highest BCUT2D eigenvalue weighted by atomic mass is 16.5. The predicted molar refractivity (Wildman–Crippen MR) is 179 cm³/mol. The highest BCUT2D eigenvalue weighted by Crippen LogP contribution is 2.38. The van der Waals surface area contributed by atoms with Crippen LogP contribution in [0.5, 0.6) is 28.7 Å². The summed E-state index contributed by atoms with van der Waals surface area (Å²) in [5, 5.41) is 6.70. The molecule has 12 nitrogen and oxygen atoms in total. The van der Waals surface area contributed by atoms with Crippen molar-refractivity contribution in [1.29, 1.82) is 0 Å². The Kier molecular flexibility index (Phi) is 12.0. The van der Waals surface area contributed by atoms with E-state index in [9.17, 15) is 19.2 Å². The summed E-state index contributed by atoms with van der Waals surface area (Å²) in [6.07, 6.45) is 4.33. The molecule has 0 heterocycles. The average molecular weight is 652 g/mol. The van der Waals surface area contributed by atoms with E-state index >= 15 is 0 Å². The standard InChI is InChI=1S/C36H33N3O9/c1-5-32(40)38-27-17-14-24(15-18-27)35(42)39-37-22-25-11-7-9-13-29(25)47-33(41)19-16-23-10-6-8-12-28(23)48-36(43)26-20-30(44-2)34(46-4)31(21-26)45-3/h6-22H,5H2,1-4H3,(H,38,40)(H,39,42)/b19-16+,37-22+. The molecule has 4 rings (SSSR count). The summed E-state index contributed by atoms with van der Waals surface area (Å²) in [5.74, 6) is -0.691. The summed E-state index contributed by atoms with van der Waals surface area (Å²) in [6, 6.07) is 22.6. The second-order valence-electron chi connectivity index (χ2n) is 9.81. The third-order valence-electron chi connectivity index (χ3n) is 6.67. The van der Waals surface area contributed by atoms with E-state index < -0.39 is 17.8 Å². The Bertz CT molecular complexity index is 1820. The molecule has 0 unspecified atom stereocenters. The summed E-state index contributed by atoms with van der Waals surface area (Å²) in [4.78, 5) is 49.9. The second kappa shape index (κ2) is 16.8. The van der Waals surface area contributed by atoms with E-state index in [0.717, 1.165) is 0 Å². The Morgan fingerprint density at radius 3 is 1.92 bits per heavy atom. The molecule has 2 N–H and O–H groups in total. The number of hydrazone groups is 1. The molecule has 4 aromatic carbocycles. The normalized spacial score (nSPS) is 10.8. The number of anilines is 1. The smallest absolute Gasteiger partial charge is 0.343 e. The van der Waals surface area contributed by atoms with Crippen molar-refractivity contribution in [1.82, 2.24) is 5.43 Å². The minimum absolute atomic E-state index is 0.133. The van der Waals surface area contributed by atoms with Crippen molar-refractivity contribution in [2.75, 3.05) is 26.6 Å². The van der Waals surface area contributed by atoms with Crippen molar-refractivity contribution in [3.8, 4) is 28.7 Å². The summed E-state index contributed by atoms with van der Waals surface area (Å²) >= 11 is 0. The van der Waals surface area contributed by atoms with Crippen LogP contribution in [0.3, 0.4) is 0 Å². The lowest BCUT2D eigenvalue weighted by atomic mass is 10.1. The largest absolute Gasteiger partial charge is 0.493 e. The van der Waals surface area contributed by atoms with Crippen molar-refractivity contribution in [2.45, 2.75) is 13.3 Å². The number of nitrogens with zero attached hydrogens (tertiary/aromatic N) is 1. The summed E-state index contributed by atoms with van der Waals surface area (Å²) in [6.45, 7) is 1.74. The van der Waals surface area contributed by atoms with Gasteiger partial charge in [0.1, 0.15) is 11.5 Å². The maximum absolute atomic E-state index is 13.0. The highest BCUT2D eigenvalue weighted by molar-refractivity contribution is 5.97. The maximum Gasteiger partial charge on any atom is 0.343 e. The Balaban J connectivity index is 1.40. The van der Waals surface area contributed by atoms with Crippen LogP contribution in [-0.2, 0) is 9.59 Å². The molecule has 0 saturated carbocycles. The zero-order valence-corrected chi connectivity index (χ0v) is 26.6. The first-order valence-electron chi connectivity index (χ1n) is 14.6. The fraction of sp³-hybridized carbons (Fsp3) is 0.139. The van der Waals surface area contributed by atoms with Gasteiger partial charge in [-0.25, -0.2) is 15.0 Å². The molecule has 2 amide bonds. The van der Waals surface area contributed by atoms with Gasteiger partial charge in [-0.15, -0.1) is 0 Å². The van der Waals surface area contributed by atoms with Gasteiger partial charge in [-0.1, -0.05) is 37.3 Å². The van der Waals surface area contributed by atoms with Gasteiger partial charge in [0, 0.05) is 34.9 Å². The van der Waals surface area contributed by atoms with E-state index in [2.05, 4.69) is 15.8 Å². The molecule has 0 saturated heterocycles. The number of ether oxygens (including phenoxy) is 5. The predicted octanol–water partition coefficient (Wildman–Crippen LogP) is 5.66. The van der Waals surface area contributed by atoms with Crippen molar-refractivity contribution in [3.05, 3.63) is 113 Å². The number of carbonyl (C=O) groups excluding carboxylic acids is 4. The van der Waals surface area contributed by atoms with E-state index in [1.54, 1.807) is 79.7 Å². The van der Waals surface area contributed by atoms with Crippen LogP contribution in [0.1, 0.15) is 45.2 Å². The van der Waals surface area contributed by atoms with Crippen LogP contribution in [0.25, 0.3) is 6.08 Å². The number of hydrogen-bond acceptors (Lipinski definition) is 10. The van der Waals surface area contributed by atoms with Gasteiger partial charge in [0.25, 0.3) is 5.91 Å². The fourth-order valence-electron chi connectivity index (χ4n) is 4.23. The molecule has 4 aromatic rings. The first-order valence-corrected chi connectivity index (χ1v) is 14.6. The van der Waals surface area contributed by atoms with Crippen LogP contribution in [0.2, 0.25) is 0 Å². The van der Waals surface area contributed by atoms with Crippen LogP contribution < -0.4 is 34.4 Å². The first-order chi connectivity index (χ1) is 23.3. The number of hydrogen-bond donors (Lipinski definition) is 2. The van der Waals surface area contributed by atoms with Gasteiger partial charge in [-0.05, 0) is 60.7 Å². The molecule has 0 aliphatic heterocycles. The van der Waals surface area contributed by atoms with E-state index in [-0.39, 0.29) is 34.5 Å². The molecule has 0 radical (unpaired) electrons. The van der Waals surface area contributed by atoms with Gasteiger partial charge in [0.15, 0.2) is 11.5 Å². The number of carbonyl (C=O) groups is 4. The van der Waals surface area contributed by atoms with E-state index in [1.807, 2.05) is 0 Å². The molecule has 12 heteroatoms. The van der Waals surface area contributed by atoms with Gasteiger partial charge < -0.3 is 29.0 Å². The molecule has 246 valence electrons. The Morgan fingerprint density at radius 1 is 0.708 bits per heavy atom. The number of rotatable bonds is 13. The Morgan fingerprint density at radius 2 is 1.31 bits per heavy atom. The van der Waals surface area contributed by atoms with Crippen LogP contribution in [0.15, 0.2) is 96.1 Å². The number of esters is 2. The minimum Gasteiger partial charge on any atom is -0.493 e. The molecular formula is C36H33N3O9. The molecule has 0 aliphatic rings. The summed E-state index contributed by atoms with van der Waals surface area (Å²) in [5.41, 5.74) is 4.36. The van der Waals surface area contributed by atoms with Crippen LogP contribution >= 0.6 is 0 Å². The van der Waals surface area contributed by atoms with Crippen molar-refractivity contribution in [2.24, 2.45) is 5.10 Å². The van der Waals surface area contributed by atoms with Gasteiger partial charge in [0.2, 0.25) is 11.7 Å². The maximum atomic E-state index is 13.0. The zero-order chi connectivity index (χ0) is 34.5. The molecule has 0 atom stereocenters. The topological polar surface area (TPSA) is 151 Å². The molecule has 0 spiro atoms. The monoisotopic (exact) mass is 651 g/mol. The molecular weight excluding hydrogens is 618 g/mol. The number of nitrogens with one attached hydrogen (secondary N) is 2. The van der Waals surface area contributed by atoms with E-state index in [4.69, 9.17) is 23.7 Å². The van der Waals surface area contributed by atoms with Gasteiger partial charge >= 0.3 is 11.9 Å². The van der Waals surface area contributed by atoms with Crippen molar-refractivity contribution < 1.29 is 42.9 Å². The highest BCUT2D eigenvalue weighted by Gasteiger charge is 2.19. The molecule has 0 fully saturated rings. The average Bonchev–Trinajstić information content (AvgIpc) is 3.11. The van der Waals surface area contributed by atoms with Gasteiger partial charge in [0.05, 0.1) is 33.1 Å². The van der Waals surface area contributed by atoms with E-state index in [0.29, 0.717) is 34.5 Å². The quantitative estimate of drug-likeness (QED) is 0.0613. The van der Waals surface area contributed by atoms with Crippen LogP contribution in [0.4, 0.5) is 5.69 Å². The third-order valence-corrected chi connectivity index (χ3v) is 6.67. The van der Waals surface area contributed by atoms with Gasteiger partial charge in [-0.3, -0.25) is 9.59 Å². The summed E-state index contributed by atoms with van der Waals surface area (Å²) < 4.78 is 27.1. The lowest BCUT2D eigenvalue weighted by Gasteiger charge is -2.14. The lowest BCUT2D eigenvalue weighted by Crippen LogP contribution is -2.18. The second-order valence-corrected chi connectivity index (χ2v) is 9.81. The van der Waals surface area contributed by atoms with Gasteiger partial charge in [-0.2, -0.15) is 5.10 Å². The lowest BCUT2D eigenvalue weighted by molar-refractivity contribution is -0.129. The van der Waals surface area contributed by atoms with Crippen molar-refractivity contribution >= 4 is 41.7 Å². The molecule has 48 heavy (non-hydrogen) atoms. The molecule has 0 bridgehead atoms. The first kappa shape index (κ1) is 34.4. The molecule has 0 aromatic heterocycles. The Hall–Kier alpha value is -6.43. The van der Waals surface area contributed by atoms with Crippen molar-refractivity contribution in [3.63, 3.8) is 0 Å². The third kappa shape index (κ3) is 9.07. The minimum atomic E-state index is -0.708.